The Hall–Kier alpha value is -3.12. The van der Waals surface area contributed by atoms with Gasteiger partial charge in [0, 0.05) is 0 Å². The van der Waals surface area contributed by atoms with Gasteiger partial charge in [0.25, 0.3) is 0 Å². The van der Waals surface area contributed by atoms with Crippen LogP contribution in [0.15, 0.2) is 121 Å². The zero-order chi connectivity index (χ0) is 24.7. The predicted octanol–water partition coefficient (Wildman–Crippen LogP) is 9.53. The second-order valence-electron chi connectivity index (χ2n) is 10.5. The second-order valence-corrected chi connectivity index (χ2v) is 10.5. The lowest BCUT2D eigenvalue weighted by molar-refractivity contribution is 0.422. The first-order valence-electron chi connectivity index (χ1n) is 14.0. The molecule has 0 aliphatic heterocycles. The number of rotatable bonds is 15. The Morgan fingerprint density at radius 3 is 0.806 bits per heavy atom. The molecule has 0 heterocycles. The van der Waals surface area contributed by atoms with Gasteiger partial charge in [-0.15, -0.1) is 0 Å². The van der Waals surface area contributed by atoms with Crippen molar-refractivity contribution in [2.45, 2.75) is 64.2 Å². The van der Waals surface area contributed by atoms with Crippen molar-refractivity contribution in [3.05, 3.63) is 144 Å². The molecule has 0 aliphatic carbocycles. The summed E-state index contributed by atoms with van der Waals surface area (Å²) in [6.07, 6.45) is 12.8. The van der Waals surface area contributed by atoms with E-state index in [4.69, 9.17) is 0 Å². The van der Waals surface area contributed by atoms with Gasteiger partial charge in [-0.05, 0) is 72.6 Å². The molecule has 0 heteroatoms. The zero-order valence-corrected chi connectivity index (χ0v) is 21.8. The van der Waals surface area contributed by atoms with E-state index in [0.717, 1.165) is 11.8 Å². The Morgan fingerprint density at radius 1 is 0.306 bits per heavy atom. The fourth-order valence-electron chi connectivity index (χ4n) is 5.56. The highest BCUT2D eigenvalue weighted by Crippen LogP contribution is 2.24. The largest absolute Gasteiger partial charge is 0.0622 e. The molecule has 0 radical (unpaired) electrons. The minimum absolute atomic E-state index is 0.721. The summed E-state index contributed by atoms with van der Waals surface area (Å²) < 4.78 is 0. The van der Waals surface area contributed by atoms with Gasteiger partial charge >= 0.3 is 0 Å². The van der Waals surface area contributed by atoms with Gasteiger partial charge in [-0.2, -0.15) is 0 Å². The van der Waals surface area contributed by atoms with Crippen LogP contribution in [0, 0.1) is 11.8 Å². The van der Waals surface area contributed by atoms with E-state index in [9.17, 15) is 0 Å². The van der Waals surface area contributed by atoms with Crippen LogP contribution in [0.3, 0.4) is 0 Å². The van der Waals surface area contributed by atoms with Gasteiger partial charge < -0.3 is 0 Å². The van der Waals surface area contributed by atoms with Crippen LogP contribution in [0.5, 0.6) is 0 Å². The molecule has 0 fully saturated rings. The van der Waals surface area contributed by atoms with Crippen molar-refractivity contribution in [1.82, 2.24) is 0 Å². The van der Waals surface area contributed by atoms with E-state index >= 15 is 0 Å². The Labute approximate surface area is 219 Å². The lowest BCUT2D eigenvalue weighted by Gasteiger charge is -2.19. The lowest BCUT2D eigenvalue weighted by atomic mass is 9.87. The van der Waals surface area contributed by atoms with E-state index in [-0.39, 0.29) is 0 Å². The third-order valence-electron chi connectivity index (χ3n) is 7.44. The van der Waals surface area contributed by atoms with Crippen LogP contribution >= 0.6 is 0 Å². The highest BCUT2D eigenvalue weighted by Gasteiger charge is 2.13. The predicted molar refractivity (Wildman–Crippen MR) is 155 cm³/mol. The normalized spacial score (nSPS) is 11.3. The van der Waals surface area contributed by atoms with Crippen molar-refractivity contribution < 1.29 is 0 Å². The molecule has 0 nitrogen and oxygen atoms in total. The minimum atomic E-state index is 0.721. The molecule has 4 aromatic carbocycles. The third-order valence-corrected chi connectivity index (χ3v) is 7.44. The first-order valence-corrected chi connectivity index (χ1v) is 14.0. The molecule has 4 rings (SSSR count). The van der Waals surface area contributed by atoms with Crippen LogP contribution in [0.1, 0.15) is 60.8 Å². The fourth-order valence-corrected chi connectivity index (χ4v) is 5.56. The van der Waals surface area contributed by atoms with Crippen LogP contribution in [-0.2, 0) is 25.7 Å². The van der Waals surface area contributed by atoms with Gasteiger partial charge in [0.05, 0.1) is 0 Å². The first kappa shape index (κ1) is 26.0. The summed E-state index contributed by atoms with van der Waals surface area (Å²) in [5.41, 5.74) is 5.90. The van der Waals surface area contributed by atoms with E-state index in [0.29, 0.717) is 0 Å². The van der Waals surface area contributed by atoms with Crippen molar-refractivity contribution >= 4 is 0 Å². The average Bonchev–Trinajstić information content (AvgIpc) is 2.93. The van der Waals surface area contributed by atoms with Crippen LogP contribution in [0.25, 0.3) is 0 Å². The van der Waals surface area contributed by atoms with Crippen LogP contribution in [0.4, 0.5) is 0 Å². The molecule has 0 N–H and O–H groups in total. The van der Waals surface area contributed by atoms with Crippen molar-refractivity contribution in [2.75, 3.05) is 0 Å². The van der Waals surface area contributed by atoms with Gasteiger partial charge in [-0.25, -0.2) is 0 Å². The maximum atomic E-state index is 2.29. The molecule has 0 saturated carbocycles. The molecule has 0 atom stereocenters. The lowest BCUT2D eigenvalue weighted by Crippen LogP contribution is -2.09. The van der Waals surface area contributed by atoms with Gasteiger partial charge in [0.1, 0.15) is 0 Å². The standard InChI is InChI=1S/C36H42/c1(7-25-35(27-31-17-9-3-10-18-31)28-32-19-11-4-12-20-32)2-8-26-36(29-33-21-13-5-14-22-33)30-34-23-15-6-16-24-34/h3-6,9-24,35-36H,1-2,7-8,25-30H2. The number of hydrogen-bond acceptors (Lipinski definition) is 0. The summed E-state index contributed by atoms with van der Waals surface area (Å²) in [6.45, 7) is 0. The number of benzene rings is 4. The quantitative estimate of drug-likeness (QED) is 0.150. The van der Waals surface area contributed by atoms with Gasteiger partial charge in [-0.1, -0.05) is 147 Å². The highest BCUT2D eigenvalue weighted by molar-refractivity contribution is 5.20. The Morgan fingerprint density at radius 2 is 0.556 bits per heavy atom. The van der Waals surface area contributed by atoms with Crippen LogP contribution < -0.4 is 0 Å². The monoisotopic (exact) mass is 474 g/mol. The molecule has 186 valence electrons. The molecular weight excluding hydrogens is 432 g/mol. The molecule has 36 heavy (non-hydrogen) atoms. The summed E-state index contributed by atoms with van der Waals surface area (Å²) in [5, 5.41) is 0. The molecule has 0 spiro atoms. The van der Waals surface area contributed by atoms with Crippen molar-refractivity contribution in [3.8, 4) is 0 Å². The van der Waals surface area contributed by atoms with Gasteiger partial charge in [-0.3, -0.25) is 0 Å². The van der Waals surface area contributed by atoms with Crippen molar-refractivity contribution in [2.24, 2.45) is 11.8 Å². The van der Waals surface area contributed by atoms with E-state index in [1.807, 2.05) is 0 Å². The molecule has 0 unspecified atom stereocenters. The highest BCUT2D eigenvalue weighted by atomic mass is 14.2. The second kappa shape index (κ2) is 15.1. The SMILES string of the molecule is c1ccc(CC(CCCCCCC(Cc2ccccc2)Cc2ccccc2)Cc2ccccc2)cc1. The molecule has 0 aliphatic rings. The smallest absolute Gasteiger partial charge is 0.0247 e. The summed E-state index contributed by atoms with van der Waals surface area (Å²) in [6, 6.07) is 44.2. The maximum Gasteiger partial charge on any atom is -0.0247 e. The van der Waals surface area contributed by atoms with Crippen LogP contribution in [0.2, 0.25) is 0 Å². The maximum absolute atomic E-state index is 2.29. The number of hydrogen-bond donors (Lipinski definition) is 0. The van der Waals surface area contributed by atoms with Crippen LogP contribution in [-0.4, -0.2) is 0 Å². The van der Waals surface area contributed by atoms with Gasteiger partial charge in [0.2, 0.25) is 0 Å². The van der Waals surface area contributed by atoms with Gasteiger partial charge in [0.15, 0.2) is 0 Å². The van der Waals surface area contributed by atoms with E-state index in [1.54, 1.807) is 0 Å². The zero-order valence-electron chi connectivity index (χ0n) is 21.8. The summed E-state index contributed by atoms with van der Waals surface area (Å²) >= 11 is 0. The molecular formula is C36H42. The summed E-state index contributed by atoms with van der Waals surface area (Å²) in [4.78, 5) is 0. The molecule has 0 amide bonds. The van der Waals surface area contributed by atoms with E-state index < -0.39 is 0 Å². The van der Waals surface area contributed by atoms with Crippen molar-refractivity contribution in [3.63, 3.8) is 0 Å². The molecule has 4 aromatic rings. The summed E-state index contributed by atoms with van der Waals surface area (Å²) in [5.74, 6) is 1.44. The fraction of sp³-hybridized carbons (Fsp3) is 0.333. The minimum Gasteiger partial charge on any atom is -0.0622 e. The Balaban J connectivity index is 1.24. The Kier molecular flexibility index (Phi) is 10.9. The first-order chi connectivity index (χ1) is 17.8. The van der Waals surface area contributed by atoms with E-state index in [1.165, 1.54) is 86.5 Å². The molecule has 0 saturated heterocycles. The molecule has 0 bridgehead atoms. The number of unbranched alkanes of at least 4 members (excludes halogenated alkanes) is 3. The van der Waals surface area contributed by atoms with Crippen molar-refractivity contribution in [1.29, 1.82) is 0 Å². The molecule has 0 aromatic heterocycles. The Bertz CT molecular complexity index is 896. The third kappa shape index (κ3) is 9.50. The summed E-state index contributed by atoms with van der Waals surface area (Å²) in [7, 11) is 0. The average molecular weight is 475 g/mol. The topological polar surface area (TPSA) is 0 Å². The van der Waals surface area contributed by atoms with E-state index in [2.05, 4.69) is 121 Å².